The summed E-state index contributed by atoms with van der Waals surface area (Å²) in [6.45, 7) is 1.79. The van der Waals surface area contributed by atoms with E-state index in [0.29, 0.717) is 0 Å². The van der Waals surface area contributed by atoms with E-state index in [1.54, 1.807) is 6.20 Å². The number of hydrogen-bond acceptors (Lipinski definition) is 3. The molecule has 0 spiro atoms. The second kappa shape index (κ2) is 3.36. The van der Waals surface area contributed by atoms with E-state index in [4.69, 9.17) is 0 Å². The van der Waals surface area contributed by atoms with Crippen molar-refractivity contribution >= 4 is 5.82 Å². The van der Waals surface area contributed by atoms with Crippen molar-refractivity contribution in [2.75, 3.05) is 18.1 Å². The number of rotatable bonds is 1. The molecule has 2 heterocycles. The Kier molecular flexibility index (Phi) is 2.05. The molecule has 0 saturated heterocycles. The molecule has 0 fully saturated rings. The number of nitrogens with zero attached hydrogens (tertiary/aromatic N) is 2. The molecular weight excluding hydrogens is 150 g/mol. The summed E-state index contributed by atoms with van der Waals surface area (Å²) in [6.07, 6.45) is 5.94. The van der Waals surface area contributed by atoms with Crippen molar-refractivity contribution in [3.63, 3.8) is 0 Å². The maximum Gasteiger partial charge on any atom is 0.133 e. The first-order valence-corrected chi connectivity index (χ1v) is 4.02. The molecule has 1 aromatic heterocycles. The first kappa shape index (κ1) is 7.31. The molecule has 0 aromatic carbocycles. The van der Waals surface area contributed by atoms with Crippen LogP contribution in [0.5, 0.6) is 0 Å². The van der Waals surface area contributed by atoms with Gasteiger partial charge in [-0.1, -0.05) is 12.1 Å². The molecule has 3 nitrogen and oxygen atoms in total. The Hall–Kier alpha value is -1.35. The molecular formula is C9H11N3. The lowest BCUT2D eigenvalue weighted by molar-refractivity contribution is 0.716. The molecule has 1 aromatic rings. The zero-order chi connectivity index (χ0) is 8.23. The monoisotopic (exact) mass is 161 g/mol. The van der Waals surface area contributed by atoms with Crippen molar-refractivity contribution in [1.82, 2.24) is 10.3 Å². The zero-order valence-electron chi connectivity index (χ0n) is 6.77. The Morgan fingerprint density at radius 2 is 2.42 bits per heavy atom. The second-order valence-corrected chi connectivity index (χ2v) is 2.65. The number of aromatic nitrogens is 1. The van der Waals surface area contributed by atoms with Gasteiger partial charge in [-0.3, -0.25) is 5.32 Å². The van der Waals surface area contributed by atoms with Gasteiger partial charge in [0.1, 0.15) is 5.82 Å². The van der Waals surface area contributed by atoms with Crippen LogP contribution in [0.3, 0.4) is 0 Å². The van der Waals surface area contributed by atoms with Gasteiger partial charge in [-0.05, 0) is 12.1 Å². The first-order chi connectivity index (χ1) is 5.97. The second-order valence-electron chi connectivity index (χ2n) is 2.65. The van der Waals surface area contributed by atoms with E-state index >= 15 is 0 Å². The molecule has 2 rings (SSSR count). The summed E-state index contributed by atoms with van der Waals surface area (Å²) in [5.41, 5.74) is 0. The van der Waals surface area contributed by atoms with Gasteiger partial charge in [0.15, 0.2) is 0 Å². The van der Waals surface area contributed by atoms with E-state index in [2.05, 4.69) is 27.5 Å². The Morgan fingerprint density at radius 1 is 1.42 bits per heavy atom. The SMILES string of the molecule is C1=CN(c2ccccn2)CNC1. The highest BCUT2D eigenvalue weighted by atomic mass is 15.3. The predicted molar refractivity (Wildman–Crippen MR) is 48.7 cm³/mol. The Bertz CT molecular complexity index is 268. The highest BCUT2D eigenvalue weighted by Crippen LogP contribution is 2.09. The molecule has 0 amide bonds. The maximum atomic E-state index is 4.24. The summed E-state index contributed by atoms with van der Waals surface area (Å²) in [6, 6.07) is 5.91. The lowest BCUT2D eigenvalue weighted by Crippen LogP contribution is -2.34. The fourth-order valence-corrected chi connectivity index (χ4v) is 1.18. The molecule has 0 atom stereocenters. The largest absolute Gasteiger partial charge is 0.320 e. The smallest absolute Gasteiger partial charge is 0.133 e. The topological polar surface area (TPSA) is 28.2 Å². The number of nitrogens with one attached hydrogen (secondary N) is 1. The molecule has 0 unspecified atom stereocenters. The Balaban J connectivity index is 2.19. The van der Waals surface area contributed by atoms with Gasteiger partial charge in [0, 0.05) is 18.9 Å². The third kappa shape index (κ3) is 1.46. The van der Waals surface area contributed by atoms with E-state index in [1.165, 1.54) is 0 Å². The molecule has 0 radical (unpaired) electrons. The minimum Gasteiger partial charge on any atom is -0.320 e. The van der Waals surface area contributed by atoms with Crippen LogP contribution in [0, 0.1) is 0 Å². The van der Waals surface area contributed by atoms with Gasteiger partial charge in [0.05, 0.1) is 6.67 Å². The molecule has 0 bridgehead atoms. The Morgan fingerprint density at radius 3 is 3.08 bits per heavy atom. The van der Waals surface area contributed by atoms with Crippen LogP contribution in [0.15, 0.2) is 36.7 Å². The minimum atomic E-state index is 0.841. The Labute approximate surface area is 71.7 Å². The standard InChI is InChI=1S/C9H11N3/c1-2-6-11-9(4-1)12-7-3-5-10-8-12/h1-4,6-7,10H,5,8H2. The van der Waals surface area contributed by atoms with Crippen molar-refractivity contribution in [2.45, 2.75) is 0 Å². The summed E-state index contributed by atoms with van der Waals surface area (Å²) in [4.78, 5) is 6.31. The quantitative estimate of drug-likeness (QED) is 0.665. The van der Waals surface area contributed by atoms with Crippen LogP contribution in [-0.2, 0) is 0 Å². The van der Waals surface area contributed by atoms with Crippen LogP contribution in [0.25, 0.3) is 0 Å². The molecule has 3 heteroatoms. The maximum absolute atomic E-state index is 4.24. The molecule has 62 valence electrons. The summed E-state index contributed by atoms with van der Waals surface area (Å²) < 4.78 is 0. The summed E-state index contributed by atoms with van der Waals surface area (Å²) >= 11 is 0. The highest BCUT2D eigenvalue weighted by Gasteiger charge is 2.04. The van der Waals surface area contributed by atoms with Gasteiger partial charge in [-0.15, -0.1) is 0 Å². The van der Waals surface area contributed by atoms with Crippen LogP contribution in [0.1, 0.15) is 0 Å². The van der Waals surface area contributed by atoms with Crippen molar-refractivity contribution in [2.24, 2.45) is 0 Å². The van der Waals surface area contributed by atoms with Gasteiger partial charge in [0.25, 0.3) is 0 Å². The van der Waals surface area contributed by atoms with Crippen LogP contribution in [-0.4, -0.2) is 18.2 Å². The van der Waals surface area contributed by atoms with E-state index in [0.717, 1.165) is 19.0 Å². The van der Waals surface area contributed by atoms with Gasteiger partial charge in [0.2, 0.25) is 0 Å². The normalized spacial score (nSPS) is 16.5. The molecule has 1 N–H and O–H groups in total. The fraction of sp³-hybridized carbons (Fsp3) is 0.222. The van der Waals surface area contributed by atoms with E-state index < -0.39 is 0 Å². The molecule has 1 aliphatic rings. The fourth-order valence-electron chi connectivity index (χ4n) is 1.18. The molecule has 0 aliphatic carbocycles. The van der Waals surface area contributed by atoms with Crippen LogP contribution in [0.2, 0.25) is 0 Å². The van der Waals surface area contributed by atoms with Crippen molar-refractivity contribution in [3.8, 4) is 0 Å². The highest BCUT2D eigenvalue weighted by molar-refractivity contribution is 5.41. The zero-order valence-corrected chi connectivity index (χ0v) is 6.77. The van der Waals surface area contributed by atoms with Crippen molar-refractivity contribution in [1.29, 1.82) is 0 Å². The van der Waals surface area contributed by atoms with Crippen molar-refractivity contribution in [3.05, 3.63) is 36.7 Å². The first-order valence-electron chi connectivity index (χ1n) is 4.02. The lowest BCUT2D eigenvalue weighted by atomic mass is 10.4. The van der Waals surface area contributed by atoms with E-state index in [-0.39, 0.29) is 0 Å². The summed E-state index contributed by atoms with van der Waals surface area (Å²) in [5.74, 6) is 0.987. The van der Waals surface area contributed by atoms with Gasteiger partial charge in [-0.25, -0.2) is 4.98 Å². The molecule has 1 aliphatic heterocycles. The average Bonchev–Trinajstić information content (AvgIpc) is 2.21. The average molecular weight is 161 g/mol. The summed E-state index contributed by atoms with van der Waals surface area (Å²) in [5, 5.41) is 3.23. The van der Waals surface area contributed by atoms with Crippen LogP contribution in [0.4, 0.5) is 5.82 Å². The van der Waals surface area contributed by atoms with E-state index in [9.17, 15) is 0 Å². The van der Waals surface area contributed by atoms with Gasteiger partial charge in [-0.2, -0.15) is 0 Å². The number of pyridine rings is 1. The summed E-state index contributed by atoms with van der Waals surface area (Å²) in [7, 11) is 0. The molecule has 0 saturated carbocycles. The third-order valence-electron chi connectivity index (χ3n) is 1.77. The van der Waals surface area contributed by atoms with Gasteiger partial charge < -0.3 is 4.90 Å². The van der Waals surface area contributed by atoms with Crippen molar-refractivity contribution < 1.29 is 0 Å². The van der Waals surface area contributed by atoms with E-state index in [1.807, 2.05) is 18.2 Å². The predicted octanol–water partition coefficient (Wildman–Crippen LogP) is 0.962. The third-order valence-corrected chi connectivity index (χ3v) is 1.77. The number of hydrogen-bond donors (Lipinski definition) is 1. The minimum absolute atomic E-state index is 0.841. The molecule has 12 heavy (non-hydrogen) atoms. The van der Waals surface area contributed by atoms with Gasteiger partial charge >= 0.3 is 0 Å². The van der Waals surface area contributed by atoms with Crippen LogP contribution < -0.4 is 10.2 Å². The van der Waals surface area contributed by atoms with Crippen LogP contribution >= 0.6 is 0 Å². The lowest BCUT2D eigenvalue weighted by Gasteiger charge is -2.22. The number of anilines is 1.